The molecule has 0 aliphatic carbocycles. The Kier molecular flexibility index (Phi) is 4.62. The second-order valence-corrected chi connectivity index (χ2v) is 4.83. The Hall–Kier alpha value is -1.76. The van der Waals surface area contributed by atoms with Crippen LogP contribution in [0.15, 0.2) is 53.4 Å². The first kappa shape index (κ1) is 13.7. The Morgan fingerprint density at radius 3 is 2.26 bits per heavy atom. The van der Waals surface area contributed by atoms with Gasteiger partial charge in [0.05, 0.1) is 0 Å². The van der Waals surface area contributed by atoms with Gasteiger partial charge < -0.3 is 5.11 Å². The molecule has 0 aromatic heterocycles. The third-order valence-electron chi connectivity index (χ3n) is 2.63. The van der Waals surface area contributed by atoms with Crippen LogP contribution in [0.4, 0.5) is 4.39 Å². The molecule has 0 radical (unpaired) electrons. The number of hydrogen-bond acceptors (Lipinski definition) is 2. The SMILES string of the molecule is CSc1ccc([C@@H](O)C#Cc2ccc(F)cc2)cc1. The van der Waals surface area contributed by atoms with Gasteiger partial charge >= 0.3 is 0 Å². The fraction of sp³-hybridized carbons (Fsp3) is 0.125. The van der Waals surface area contributed by atoms with Gasteiger partial charge in [-0.05, 0) is 48.2 Å². The van der Waals surface area contributed by atoms with Crippen LogP contribution in [0.5, 0.6) is 0 Å². The molecule has 1 N–H and O–H groups in total. The molecular formula is C16H13FOS. The van der Waals surface area contributed by atoms with E-state index in [1.54, 1.807) is 23.9 Å². The number of rotatable bonds is 2. The second-order valence-electron chi connectivity index (χ2n) is 3.95. The van der Waals surface area contributed by atoms with Crippen molar-refractivity contribution in [3.05, 3.63) is 65.5 Å². The molecule has 0 amide bonds. The molecule has 2 aromatic rings. The summed E-state index contributed by atoms with van der Waals surface area (Å²) in [7, 11) is 0. The Labute approximate surface area is 116 Å². The van der Waals surface area contributed by atoms with Crippen LogP contribution in [0.1, 0.15) is 17.2 Å². The van der Waals surface area contributed by atoms with E-state index in [-0.39, 0.29) is 5.82 Å². The number of aliphatic hydroxyl groups excluding tert-OH is 1. The molecule has 0 bridgehead atoms. The van der Waals surface area contributed by atoms with Gasteiger partial charge in [-0.2, -0.15) is 0 Å². The Balaban J connectivity index is 2.12. The predicted octanol–water partition coefficient (Wildman–Crippen LogP) is 3.63. The summed E-state index contributed by atoms with van der Waals surface area (Å²) in [6.45, 7) is 0. The smallest absolute Gasteiger partial charge is 0.140 e. The lowest BCUT2D eigenvalue weighted by atomic mass is 10.1. The highest BCUT2D eigenvalue weighted by atomic mass is 32.2. The summed E-state index contributed by atoms with van der Waals surface area (Å²) >= 11 is 1.65. The van der Waals surface area contributed by atoms with Crippen LogP contribution in [0, 0.1) is 17.7 Å². The van der Waals surface area contributed by atoms with E-state index in [1.165, 1.54) is 12.1 Å². The molecule has 1 nitrogen and oxygen atoms in total. The van der Waals surface area contributed by atoms with Crippen molar-refractivity contribution in [2.75, 3.05) is 6.26 Å². The van der Waals surface area contributed by atoms with E-state index in [2.05, 4.69) is 11.8 Å². The van der Waals surface area contributed by atoms with Crippen LogP contribution in [0.2, 0.25) is 0 Å². The van der Waals surface area contributed by atoms with E-state index in [0.29, 0.717) is 5.56 Å². The minimum absolute atomic E-state index is 0.293. The molecule has 0 heterocycles. The lowest BCUT2D eigenvalue weighted by Crippen LogP contribution is -1.93. The molecule has 0 saturated carbocycles. The minimum atomic E-state index is -0.832. The van der Waals surface area contributed by atoms with Crippen molar-refractivity contribution in [2.24, 2.45) is 0 Å². The van der Waals surface area contributed by atoms with E-state index >= 15 is 0 Å². The van der Waals surface area contributed by atoms with Crippen LogP contribution in [0.3, 0.4) is 0 Å². The van der Waals surface area contributed by atoms with Crippen LogP contribution < -0.4 is 0 Å². The minimum Gasteiger partial charge on any atom is -0.376 e. The van der Waals surface area contributed by atoms with E-state index in [9.17, 15) is 9.50 Å². The zero-order chi connectivity index (χ0) is 13.7. The molecule has 0 aliphatic heterocycles. The topological polar surface area (TPSA) is 20.2 Å². The molecule has 0 aliphatic rings. The van der Waals surface area contributed by atoms with Gasteiger partial charge in [0.15, 0.2) is 0 Å². The van der Waals surface area contributed by atoms with Crippen molar-refractivity contribution in [2.45, 2.75) is 11.0 Å². The third-order valence-corrected chi connectivity index (χ3v) is 3.37. The Morgan fingerprint density at radius 2 is 1.68 bits per heavy atom. The first-order valence-electron chi connectivity index (χ1n) is 5.78. The van der Waals surface area contributed by atoms with E-state index in [0.717, 1.165) is 10.5 Å². The number of halogens is 1. The first-order chi connectivity index (χ1) is 9.19. The van der Waals surface area contributed by atoms with Crippen LogP contribution in [-0.2, 0) is 0 Å². The summed E-state index contributed by atoms with van der Waals surface area (Å²) in [6, 6.07) is 13.5. The standard InChI is InChI=1S/C16H13FOS/c1-19-15-9-5-13(6-10-15)16(18)11-4-12-2-7-14(17)8-3-12/h2-3,5-10,16,18H,1H3/t16-/m0/s1. The average molecular weight is 272 g/mol. The molecule has 96 valence electrons. The summed E-state index contributed by atoms with van der Waals surface area (Å²) in [5.74, 6) is 5.28. The monoisotopic (exact) mass is 272 g/mol. The molecule has 0 fully saturated rings. The molecular weight excluding hydrogens is 259 g/mol. The van der Waals surface area contributed by atoms with Gasteiger partial charge in [0.2, 0.25) is 0 Å². The van der Waals surface area contributed by atoms with Crippen molar-refractivity contribution >= 4 is 11.8 Å². The lowest BCUT2D eigenvalue weighted by Gasteiger charge is -2.04. The van der Waals surface area contributed by atoms with Crippen molar-refractivity contribution in [3.8, 4) is 11.8 Å². The maximum atomic E-state index is 12.7. The normalized spacial score (nSPS) is 11.5. The largest absolute Gasteiger partial charge is 0.376 e. The predicted molar refractivity (Wildman–Crippen MR) is 76.5 cm³/mol. The number of hydrogen-bond donors (Lipinski definition) is 1. The second kappa shape index (κ2) is 6.42. The van der Waals surface area contributed by atoms with Crippen LogP contribution in [-0.4, -0.2) is 11.4 Å². The quantitative estimate of drug-likeness (QED) is 0.665. The fourth-order valence-electron chi connectivity index (χ4n) is 1.55. The third kappa shape index (κ3) is 3.85. The van der Waals surface area contributed by atoms with Gasteiger partial charge in [-0.15, -0.1) is 11.8 Å². The van der Waals surface area contributed by atoms with E-state index in [1.807, 2.05) is 30.5 Å². The summed E-state index contributed by atoms with van der Waals surface area (Å²) in [5.41, 5.74) is 1.44. The highest BCUT2D eigenvalue weighted by Gasteiger charge is 2.02. The average Bonchev–Trinajstić information content (AvgIpc) is 2.46. The van der Waals surface area contributed by atoms with Crippen LogP contribution >= 0.6 is 11.8 Å². The summed E-state index contributed by atoms with van der Waals surface area (Å²) < 4.78 is 12.7. The molecule has 2 aromatic carbocycles. The van der Waals surface area contributed by atoms with Gasteiger partial charge in [0, 0.05) is 10.5 Å². The zero-order valence-corrected chi connectivity index (χ0v) is 11.2. The molecule has 1 atom stereocenters. The number of aliphatic hydroxyl groups is 1. The fourth-order valence-corrected chi connectivity index (χ4v) is 1.96. The summed E-state index contributed by atoms with van der Waals surface area (Å²) in [5, 5.41) is 9.95. The highest BCUT2D eigenvalue weighted by molar-refractivity contribution is 7.98. The van der Waals surface area contributed by atoms with Crippen molar-refractivity contribution < 1.29 is 9.50 Å². The van der Waals surface area contributed by atoms with Gasteiger partial charge in [-0.25, -0.2) is 4.39 Å². The molecule has 0 unspecified atom stereocenters. The number of benzene rings is 2. The van der Waals surface area contributed by atoms with Gasteiger partial charge in [0.25, 0.3) is 0 Å². The lowest BCUT2D eigenvalue weighted by molar-refractivity contribution is 0.238. The van der Waals surface area contributed by atoms with Gasteiger partial charge in [-0.3, -0.25) is 0 Å². The van der Waals surface area contributed by atoms with Crippen molar-refractivity contribution in [1.82, 2.24) is 0 Å². The maximum absolute atomic E-state index is 12.7. The summed E-state index contributed by atoms with van der Waals surface area (Å²) in [6.07, 6.45) is 1.17. The van der Waals surface area contributed by atoms with Crippen LogP contribution in [0.25, 0.3) is 0 Å². The first-order valence-corrected chi connectivity index (χ1v) is 7.00. The number of thioether (sulfide) groups is 1. The van der Waals surface area contributed by atoms with Crippen molar-refractivity contribution in [3.63, 3.8) is 0 Å². The zero-order valence-electron chi connectivity index (χ0n) is 10.4. The Morgan fingerprint density at radius 1 is 1.05 bits per heavy atom. The molecule has 0 spiro atoms. The molecule has 2 rings (SSSR count). The summed E-state index contributed by atoms with van der Waals surface area (Å²) in [4.78, 5) is 1.14. The molecule has 0 saturated heterocycles. The van der Waals surface area contributed by atoms with Gasteiger partial charge in [-0.1, -0.05) is 24.0 Å². The molecule has 3 heteroatoms. The highest BCUT2D eigenvalue weighted by Crippen LogP contribution is 2.18. The molecule has 19 heavy (non-hydrogen) atoms. The van der Waals surface area contributed by atoms with E-state index in [4.69, 9.17) is 0 Å². The Bertz CT molecular complexity index is 593. The van der Waals surface area contributed by atoms with Gasteiger partial charge in [0.1, 0.15) is 11.9 Å². The maximum Gasteiger partial charge on any atom is 0.140 e. The van der Waals surface area contributed by atoms with E-state index < -0.39 is 6.10 Å². The van der Waals surface area contributed by atoms with Crippen molar-refractivity contribution in [1.29, 1.82) is 0 Å².